The molecule has 0 atom stereocenters. The molecular weight excluding hydrogens is 406 g/mol. The number of carboxylic acids is 3. The number of rotatable bonds is 7. The summed E-state index contributed by atoms with van der Waals surface area (Å²) in [6.07, 6.45) is 0. The largest absolute Gasteiger partial charge is 0.480 e. The Labute approximate surface area is 181 Å². The van der Waals surface area contributed by atoms with Crippen LogP contribution in [0.5, 0.6) is 0 Å². The molecule has 1 aromatic rings. The number of carboxylic acid groups (broad SMARTS) is 3. The molecule has 0 aromatic carbocycles. The van der Waals surface area contributed by atoms with Crippen molar-refractivity contribution in [2.45, 2.75) is 6.54 Å². The van der Waals surface area contributed by atoms with Crippen molar-refractivity contribution in [3.05, 3.63) is 29.6 Å². The maximum atomic E-state index is 11.2. The summed E-state index contributed by atoms with van der Waals surface area (Å²) in [7, 11) is 1.94. The normalized spacial score (nSPS) is 18.7. The van der Waals surface area contributed by atoms with Gasteiger partial charge in [0.1, 0.15) is 5.69 Å². The molecule has 1 aliphatic rings. The fourth-order valence-corrected chi connectivity index (χ4v) is 3.41. The first-order chi connectivity index (χ1) is 14.7. The van der Waals surface area contributed by atoms with Crippen LogP contribution in [0.4, 0.5) is 0 Å². The molecule has 2 heterocycles. The van der Waals surface area contributed by atoms with Crippen molar-refractivity contribution < 1.29 is 29.7 Å². The lowest BCUT2D eigenvalue weighted by atomic mass is 10.2. The van der Waals surface area contributed by atoms with E-state index in [0.717, 1.165) is 0 Å². The first kappa shape index (κ1) is 24.7. The van der Waals surface area contributed by atoms with Gasteiger partial charge in [-0.2, -0.15) is 0 Å². The van der Waals surface area contributed by atoms with Crippen LogP contribution in [0.1, 0.15) is 16.2 Å². The maximum Gasteiger partial charge on any atom is 0.354 e. The fraction of sp³-hybridized carbons (Fsp3) is 0.600. The van der Waals surface area contributed by atoms with E-state index in [-0.39, 0.29) is 18.8 Å². The van der Waals surface area contributed by atoms with Gasteiger partial charge in [-0.15, -0.1) is 0 Å². The first-order valence-electron chi connectivity index (χ1n) is 10.2. The zero-order chi connectivity index (χ0) is 22.8. The highest BCUT2D eigenvalue weighted by Gasteiger charge is 2.18. The molecule has 172 valence electrons. The smallest absolute Gasteiger partial charge is 0.354 e. The van der Waals surface area contributed by atoms with Crippen LogP contribution in [-0.2, 0) is 16.1 Å². The van der Waals surface area contributed by atoms with Crippen molar-refractivity contribution in [2.24, 2.45) is 0 Å². The molecule has 1 aromatic heterocycles. The van der Waals surface area contributed by atoms with Gasteiger partial charge in [0, 0.05) is 58.9 Å². The minimum atomic E-state index is -1.10. The first-order valence-corrected chi connectivity index (χ1v) is 10.2. The molecule has 1 saturated heterocycles. The van der Waals surface area contributed by atoms with E-state index < -0.39 is 17.9 Å². The van der Waals surface area contributed by atoms with Crippen molar-refractivity contribution in [1.82, 2.24) is 24.6 Å². The molecule has 11 heteroatoms. The quantitative estimate of drug-likeness (QED) is 0.499. The van der Waals surface area contributed by atoms with Gasteiger partial charge in [-0.3, -0.25) is 24.3 Å². The van der Waals surface area contributed by atoms with E-state index in [2.05, 4.69) is 14.8 Å². The van der Waals surface area contributed by atoms with Gasteiger partial charge >= 0.3 is 17.9 Å². The number of nitrogens with zero attached hydrogens (tertiary/aromatic N) is 5. The maximum absolute atomic E-state index is 11.2. The molecular formula is C20H31N5O6. The van der Waals surface area contributed by atoms with Gasteiger partial charge in [0.15, 0.2) is 0 Å². The van der Waals surface area contributed by atoms with Crippen molar-refractivity contribution in [3.8, 4) is 0 Å². The van der Waals surface area contributed by atoms with Gasteiger partial charge in [0.05, 0.1) is 18.8 Å². The lowest BCUT2D eigenvalue weighted by Crippen LogP contribution is -2.46. The summed E-state index contributed by atoms with van der Waals surface area (Å²) in [5, 5.41) is 27.6. The number of aromatic carboxylic acids is 1. The second kappa shape index (κ2) is 12.3. The Bertz CT molecular complexity index is 729. The Morgan fingerprint density at radius 2 is 1.29 bits per heavy atom. The molecule has 0 saturated carbocycles. The molecule has 31 heavy (non-hydrogen) atoms. The molecule has 1 aliphatic heterocycles. The van der Waals surface area contributed by atoms with Crippen molar-refractivity contribution >= 4 is 17.9 Å². The van der Waals surface area contributed by atoms with E-state index in [4.69, 9.17) is 0 Å². The zero-order valence-electron chi connectivity index (χ0n) is 17.8. The zero-order valence-corrected chi connectivity index (χ0v) is 17.8. The lowest BCUT2D eigenvalue weighted by molar-refractivity contribution is -0.139. The van der Waals surface area contributed by atoms with E-state index >= 15 is 0 Å². The average Bonchev–Trinajstić information content (AvgIpc) is 2.70. The number of aromatic nitrogens is 1. The van der Waals surface area contributed by atoms with E-state index in [9.17, 15) is 29.7 Å². The van der Waals surface area contributed by atoms with E-state index in [0.29, 0.717) is 64.6 Å². The molecule has 0 bridgehead atoms. The minimum Gasteiger partial charge on any atom is -0.480 e. The Kier molecular flexibility index (Phi) is 9.79. The molecule has 1 fully saturated rings. The van der Waals surface area contributed by atoms with Crippen molar-refractivity contribution in [2.75, 3.05) is 72.5 Å². The van der Waals surface area contributed by atoms with Gasteiger partial charge in [-0.1, -0.05) is 6.07 Å². The Balaban J connectivity index is 2.15. The number of hydrogen-bond acceptors (Lipinski definition) is 8. The fourth-order valence-electron chi connectivity index (χ4n) is 3.41. The third-order valence-electron chi connectivity index (χ3n) is 5.19. The summed E-state index contributed by atoms with van der Waals surface area (Å²) in [5.41, 5.74) is 0.566. The van der Waals surface area contributed by atoms with Crippen LogP contribution in [0.25, 0.3) is 0 Å². The predicted molar refractivity (Wildman–Crippen MR) is 112 cm³/mol. The highest BCUT2D eigenvalue weighted by molar-refractivity contribution is 5.85. The molecule has 0 spiro atoms. The van der Waals surface area contributed by atoms with E-state index in [1.54, 1.807) is 12.1 Å². The van der Waals surface area contributed by atoms with Crippen LogP contribution in [0.15, 0.2) is 18.2 Å². The van der Waals surface area contributed by atoms with Crippen LogP contribution in [0.3, 0.4) is 0 Å². The summed E-state index contributed by atoms with van der Waals surface area (Å²) in [4.78, 5) is 45.8. The number of likely N-dealkylation sites (N-methyl/N-ethyl adjacent to an activating group) is 1. The Morgan fingerprint density at radius 3 is 1.77 bits per heavy atom. The third kappa shape index (κ3) is 9.39. The molecule has 3 N–H and O–H groups in total. The topological polar surface area (TPSA) is 138 Å². The van der Waals surface area contributed by atoms with Gasteiger partial charge in [0.25, 0.3) is 0 Å². The molecule has 0 radical (unpaired) electrons. The number of carbonyl (C=O) groups is 3. The predicted octanol–water partition coefficient (Wildman–Crippen LogP) is -0.700. The van der Waals surface area contributed by atoms with Gasteiger partial charge in [0.2, 0.25) is 0 Å². The number of aliphatic carboxylic acids is 2. The molecule has 0 amide bonds. The Morgan fingerprint density at radius 1 is 0.806 bits per heavy atom. The van der Waals surface area contributed by atoms with Crippen LogP contribution < -0.4 is 0 Å². The number of hydrogen-bond donors (Lipinski definition) is 3. The monoisotopic (exact) mass is 437 g/mol. The second-order valence-corrected chi connectivity index (χ2v) is 7.74. The van der Waals surface area contributed by atoms with Gasteiger partial charge in [-0.25, -0.2) is 9.78 Å². The SMILES string of the molecule is CN1CCN(CC(=O)O)CCN(Cc2cccc(C(=O)O)n2)CCN(CC(=O)O)CC1. The van der Waals surface area contributed by atoms with E-state index in [1.807, 2.05) is 16.8 Å². The summed E-state index contributed by atoms with van der Waals surface area (Å²) in [6.45, 7) is 4.96. The third-order valence-corrected chi connectivity index (χ3v) is 5.19. The number of pyridine rings is 1. The highest BCUT2D eigenvalue weighted by atomic mass is 16.4. The highest BCUT2D eigenvalue weighted by Crippen LogP contribution is 2.06. The molecule has 0 aliphatic carbocycles. The molecule has 0 unspecified atom stereocenters. The summed E-state index contributed by atoms with van der Waals surface area (Å²) >= 11 is 0. The van der Waals surface area contributed by atoms with Crippen molar-refractivity contribution in [3.63, 3.8) is 0 Å². The second-order valence-electron chi connectivity index (χ2n) is 7.74. The van der Waals surface area contributed by atoms with Crippen LogP contribution >= 0.6 is 0 Å². The standard InChI is InChI=1S/C20H31N5O6/c1-22-5-7-24(14-18(26)27)11-9-23(10-12-25(8-6-22)15-19(28)29)13-16-3-2-4-17(21-16)20(30)31/h2-4H,5-15H2,1H3,(H,26,27)(H,28,29)(H,30,31). The average molecular weight is 437 g/mol. The van der Waals surface area contributed by atoms with Gasteiger partial charge < -0.3 is 20.2 Å². The lowest BCUT2D eigenvalue weighted by Gasteiger charge is -2.32. The molecule has 11 nitrogen and oxygen atoms in total. The minimum absolute atomic E-state index is 0.0325. The Hall–Kier alpha value is -2.60. The van der Waals surface area contributed by atoms with E-state index in [1.165, 1.54) is 6.07 Å². The van der Waals surface area contributed by atoms with Crippen LogP contribution in [-0.4, -0.2) is 130 Å². The molecule has 2 rings (SSSR count). The summed E-state index contributed by atoms with van der Waals surface area (Å²) in [5.74, 6) is -2.87. The van der Waals surface area contributed by atoms with Crippen LogP contribution in [0, 0.1) is 0 Å². The van der Waals surface area contributed by atoms with Crippen molar-refractivity contribution in [1.29, 1.82) is 0 Å². The van der Waals surface area contributed by atoms with Crippen LogP contribution in [0.2, 0.25) is 0 Å². The summed E-state index contributed by atoms with van der Waals surface area (Å²) in [6, 6.07) is 4.83. The summed E-state index contributed by atoms with van der Waals surface area (Å²) < 4.78 is 0. The van der Waals surface area contributed by atoms with Gasteiger partial charge in [-0.05, 0) is 19.2 Å².